The lowest BCUT2D eigenvalue weighted by molar-refractivity contribution is -0.0261. The molecule has 2 aromatic carbocycles. The van der Waals surface area contributed by atoms with Crippen molar-refractivity contribution in [3.63, 3.8) is 0 Å². The topological polar surface area (TPSA) is 106 Å². The van der Waals surface area contributed by atoms with Crippen LogP contribution in [-0.2, 0) is 22.3 Å². The average molecular weight is 505 g/mol. The van der Waals surface area contributed by atoms with Crippen molar-refractivity contribution in [1.29, 1.82) is 0 Å². The largest absolute Gasteiger partial charge is 0.493 e. The van der Waals surface area contributed by atoms with Gasteiger partial charge in [-0.05, 0) is 42.7 Å². The molecule has 36 heavy (non-hydrogen) atoms. The Morgan fingerprint density at radius 2 is 2.00 bits per heavy atom. The van der Waals surface area contributed by atoms with Gasteiger partial charge in [0.15, 0.2) is 0 Å². The molecule has 2 aromatic rings. The van der Waals surface area contributed by atoms with E-state index in [1.165, 1.54) is 18.2 Å². The number of carbonyl (C=O) groups excluding carboxylic acids is 2. The predicted molar refractivity (Wildman–Crippen MR) is 126 cm³/mol. The van der Waals surface area contributed by atoms with Crippen molar-refractivity contribution < 1.29 is 37.7 Å². The van der Waals surface area contributed by atoms with Crippen molar-refractivity contribution in [1.82, 2.24) is 10.6 Å². The maximum absolute atomic E-state index is 15.2. The number of hydrogen-bond acceptors (Lipinski definition) is 6. The molecule has 2 aliphatic rings. The fourth-order valence-electron chi connectivity index (χ4n) is 4.40. The molecule has 2 heterocycles. The van der Waals surface area contributed by atoms with Gasteiger partial charge >= 0.3 is 0 Å². The van der Waals surface area contributed by atoms with Crippen molar-refractivity contribution in [2.75, 3.05) is 39.6 Å². The molecule has 0 bridgehead atoms. The van der Waals surface area contributed by atoms with Gasteiger partial charge in [-0.2, -0.15) is 0 Å². The maximum atomic E-state index is 15.2. The number of nitrogens with one attached hydrogen (secondary N) is 2. The van der Waals surface area contributed by atoms with Gasteiger partial charge in [-0.3, -0.25) is 9.59 Å². The molecule has 1 fully saturated rings. The van der Waals surface area contributed by atoms with Gasteiger partial charge in [-0.15, -0.1) is 0 Å². The van der Waals surface area contributed by atoms with E-state index in [0.29, 0.717) is 55.1 Å². The standard InChI is InChI=1S/C26H30F2N2O6/c1-2-34-10-7-29-25(32)17-4-3-15(12-20(17)27)11-16-13-19(23(28)18-5-9-36-24(16)18)26(33)30-21-6-8-35-14-22(21)31/h3-4,12-13,21-22,31H,2,5-11,14H2,1H3,(H,29,32)(H,30,33)/t21-,22-/m0/s1. The SMILES string of the molecule is CCOCCNC(=O)c1ccc(Cc2cc(C(=O)N[C@H]3CCOC[C@@H]3O)c(F)c3c2OCC3)cc1F. The molecule has 0 aliphatic carbocycles. The third kappa shape index (κ3) is 5.83. The first kappa shape index (κ1) is 26.0. The van der Waals surface area contributed by atoms with Crippen molar-refractivity contribution >= 4 is 11.8 Å². The molecule has 0 spiro atoms. The smallest absolute Gasteiger partial charge is 0.254 e. The fraction of sp³-hybridized carbons (Fsp3) is 0.462. The number of halogens is 2. The first-order valence-electron chi connectivity index (χ1n) is 12.1. The average Bonchev–Trinajstić information content (AvgIpc) is 3.36. The first-order chi connectivity index (χ1) is 17.4. The zero-order valence-corrected chi connectivity index (χ0v) is 20.1. The van der Waals surface area contributed by atoms with Crippen molar-refractivity contribution in [3.05, 3.63) is 63.7 Å². The highest BCUT2D eigenvalue weighted by Crippen LogP contribution is 2.35. The van der Waals surface area contributed by atoms with Gasteiger partial charge in [0.05, 0.1) is 43.1 Å². The van der Waals surface area contributed by atoms with Crippen LogP contribution < -0.4 is 15.4 Å². The molecule has 8 nitrogen and oxygen atoms in total. The minimum absolute atomic E-state index is 0.0917. The fourth-order valence-corrected chi connectivity index (χ4v) is 4.40. The summed E-state index contributed by atoms with van der Waals surface area (Å²) >= 11 is 0. The quantitative estimate of drug-likeness (QED) is 0.452. The van der Waals surface area contributed by atoms with Gasteiger partial charge in [0.1, 0.15) is 17.4 Å². The monoisotopic (exact) mass is 504 g/mol. The Hall–Kier alpha value is -3.08. The summed E-state index contributed by atoms with van der Waals surface area (Å²) < 4.78 is 45.9. The zero-order chi connectivity index (χ0) is 25.7. The van der Waals surface area contributed by atoms with Crippen LogP contribution in [0.1, 0.15) is 50.8 Å². The highest BCUT2D eigenvalue weighted by atomic mass is 19.1. The number of ether oxygens (including phenoxy) is 3. The molecule has 2 aliphatic heterocycles. The molecule has 194 valence electrons. The van der Waals surface area contributed by atoms with E-state index >= 15 is 4.39 Å². The molecule has 2 amide bonds. The lowest BCUT2D eigenvalue weighted by Crippen LogP contribution is -2.48. The summed E-state index contributed by atoms with van der Waals surface area (Å²) in [4.78, 5) is 25.2. The third-order valence-electron chi connectivity index (χ3n) is 6.28. The molecule has 0 saturated carbocycles. The number of aliphatic hydroxyl groups is 1. The highest BCUT2D eigenvalue weighted by molar-refractivity contribution is 5.96. The van der Waals surface area contributed by atoms with E-state index in [1.807, 2.05) is 6.92 Å². The summed E-state index contributed by atoms with van der Waals surface area (Å²) in [7, 11) is 0. The summed E-state index contributed by atoms with van der Waals surface area (Å²) in [5.74, 6) is -2.17. The number of amides is 2. The van der Waals surface area contributed by atoms with Crippen LogP contribution in [-0.4, -0.2) is 68.6 Å². The van der Waals surface area contributed by atoms with Crippen molar-refractivity contribution in [2.24, 2.45) is 0 Å². The number of hydrogen-bond donors (Lipinski definition) is 3. The lowest BCUT2D eigenvalue weighted by atomic mass is 9.96. The van der Waals surface area contributed by atoms with E-state index in [-0.39, 0.29) is 37.3 Å². The summed E-state index contributed by atoms with van der Waals surface area (Å²) in [6.07, 6.45) is 0.0252. The highest BCUT2D eigenvalue weighted by Gasteiger charge is 2.30. The van der Waals surface area contributed by atoms with Crippen LogP contribution in [0.5, 0.6) is 5.75 Å². The van der Waals surface area contributed by atoms with Crippen molar-refractivity contribution in [2.45, 2.75) is 38.3 Å². The zero-order valence-electron chi connectivity index (χ0n) is 20.1. The van der Waals surface area contributed by atoms with E-state index in [4.69, 9.17) is 14.2 Å². The number of aliphatic hydroxyl groups excluding tert-OH is 1. The van der Waals surface area contributed by atoms with Crippen LogP contribution in [0.4, 0.5) is 8.78 Å². The Morgan fingerprint density at radius 1 is 1.17 bits per heavy atom. The van der Waals surface area contributed by atoms with E-state index < -0.39 is 35.6 Å². The van der Waals surface area contributed by atoms with Gasteiger partial charge in [-0.25, -0.2) is 8.78 Å². The van der Waals surface area contributed by atoms with Gasteiger partial charge in [0, 0.05) is 38.2 Å². The Kier molecular flexibility index (Phi) is 8.50. The maximum Gasteiger partial charge on any atom is 0.254 e. The molecular formula is C26H30F2N2O6. The van der Waals surface area contributed by atoms with Crippen LogP contribution in [0, 0.1) is 11.6 Å². The van der Waals surface area contributed by atoms with Gasteiger partial charge < -0.3 is 30.0 Å². The van der Waals surface area contributed by atoms with E-state index in [2.05, 4.69) is 10.6 Å². The lowest BCUT2D eigenvalue weighted by Gasteiger charge is -2.28. The second-order valence-electron chi connectivity index (χ2n) is 8.76. The minimum Gasteiger partial charge on any atom is -0.493 e. The molecule has 3 N–H and O–H groups in total. The molecule has 0 radical (unpaired) electrons. The Labute approximate surface area is 207 Å². The normalized spacial score (nSPS) is 18.9. The predicted octanol–water partition coefficient (Wildman–Crippen LogP) is 2.14. The van der Waals surface area contributed by atoms with E-state index in [1.54, 1.807) is 6.07 Å². The van der Waals surface area contributed by atoms with Crippen LogP contribution in [0.15, 0.2) is 24.3 Å². The molecule has 4 rings (SSSR count). The summed E-state index contributed by atoms with van der Waals surface area (Å²) in [6.45, 7) is 3.73. The van der Waals surface area contributed by atoms with E-state index in [9.17, 15) is 19.1 Å². The molecule has 1 saturated heterocycles. The summed E-state index contributed by atoms with van der Waals surface area (Å²) in [5, 5.41) is 15.4. The van der Waals surface area contributed by atoms with Crippen LogP contribution in [0.2, 0.25) is 0 Å². The van der Waals surface area contributed by atoms with Crippen LogP contribution in [0.25, 0.3) is 0 Å². The summed E-state index contributed by atoms with van der Waals surface area (Å²) in [5.41, 5.74) is 1.13. The minimum atomic E-state index is -0.874. The number of rotatable bonds is 9. The van der Waals surface area contributed by atoms with Crippen LogP contribution >= 0.6 is 0 Å². The Bertz CT molecular complexity index is 1130. The molecule has 0 aromatic heterocycles. The van der Waals surface area contributed by atoms with Gasteiger partial charge in [0.2, 0.25) is 0 Å². The second-order valence-corrected chi connectivity index (χ2v) is 8.76. The summed E-state index contributed by atoms with van der Waals surface area (Å²) in [6, 6.07) is 5.13. The molecule has 10 heteroatoms. The Balaban J connectivity index is 1.53. The molecular weight excluding hydrogens is 474 g/mol. The van der Waals surface area contributed by atoms with Gasteiger partial charge in [-0.1, -0.05) is 6.07 Å². The Morgan fingerprint density at radius 3 is 2.75 bits per heavy atom. The first-order valence-corrected chi connectivity index (χ1v) is 12.1. The number of benzene rings is 2. The van der Waals surface area contributed by atoms with Gasteiger partial charge in [0.25, 0.3) is 11.8 Å². The second kappa shape index (κ2) is 11.8. The van der Waals surface area contributed by atoms with Crippen LogP contribution in [0.3, 0.4) is 0 Å². The van der Waals surface area contributed by atoms with Crippen molar-refractivity contribution in [3.8, 4) is 5.75 Å². The molecule has 2 atom stereocenters. The molecule has 0 unspecified atom stereocenters. The third-order valence-corrected chi connectivity index (χ3v) is 6.28. The number of fused-ring (bicyclic) bond motifs is 1. The van der Waals surface area contributed by atoms with E-state index in [0.717, 1.165) is 0 Å². The number of carbonyl (C=O) groups is 2.